The number of rotatable bonds is 1. The summed E-state index contributed by atoms with van der Waals surface area (Å²) in [5.74, 6) is 0. The zero-order chi connectivity index (χ0) is 12.1. The summed E-state index contributed by atoms with van der Waals surface area (Å²) in [6, 6.07) is 10.9. The Morgan fingerprint density at radius 3 is 2.68 bits per heavy atom. The van der Waals surface area contributed by atoms with Crippen molar-refractivity contribution in [2.45, 2.75) is 13.8 Å². The molecule has 97 valence electrons. The van der Waals surface area contributed by atoms with E-state index < -0.39 is 0 Å². The standard InChI is InChI=1S/C12H8N3.C2H6.CH3.Y/c1-2-4-10(5-3-1)11-8-14-12-9-13-6-7-15(11)12;1-2;;/h1-2,4-9H;1-2H3;1H3;/q-1;;-1;. The van der Waals surface area contributed by atoms with Crippen LogP contribution in [0.1, 0.15) is 13.8 Å². The molecule has 0 saturated heterocycles. The number of fused-ring (bicyclic) bond motifs is 1. The fourth-order valence-corrected chi connectivity index (χ4v) is 1.61. The number of hydrogen-bond donors (Lipinski definition) is 0. The molecule has 4 heteroatoms. The maximum absolute atomic E-state index is 4.28. The van der Waals surface area contributed by atoms with Gasteiger partial charge in [-0.05, 0) is 0 Å². The molecular weight excluding hydrogens is 311 g/mol. The minimum absolute atomic E-state index is 0. The molecule has 0 aliphatic carbocycles. The first-order chi connectivity index (χ1) is 8.45. The fourth-order valence-electron chi connectivity index (χ4n) is 1.61. The molecule has 2 aromatic heterocycles. The summed E-state index contributed by atoms with van der Waals surface area (Å²) >= 11 is 0. The molecule has 0 fully saturated rings. The minimum atomic E-state index is 0. The number of nitrogens with zero attached hydrogens (tertiary/aromatic N) is 3. The average Bonchev–Trinajstić information content (AvgIpc) is 2.86. The normalized spacial score (nSPS) is 8.74. The molecule has 0 saturated carbocycles. The fraction of sp³-hybridized carbons (Fsp3) is 0.133. The van der Waals surface area contributed by atoms with Crippen LogP contribution in [-0.2, 0) is 32.7 Å². The van der Waals surface area contributed by atoms with Gasteiger partial charge in [0, 0.05) is 57.0 Å². The summed E-state index contributed by atoms with van der Waals surface area (Å²) in [6.07, 6.45) is 7.26. The van der Waals surface area contributed by atoms with Crippen molar-refractivity contribution >= 4 is 5.65 Å². The van der Waals surface area contributed by atoms with Gasteiger partial charge in [-0.3, -0.25) is 4.98 Å². The Kier molecular flexibility index (Phi) is 8.45. The van der Waals surface area contributed by atoms with Gasteiger partial charge in [0.2, 0.25) is 0 Å². The van der Waals surface area contributed by atoms with Gasteiger partial charge < -0.3 is 11.8 Å². The number of hydrogen-bond acceptors (Lipinski definition) is 2. The molecule has 2 heterocycles. The van der Waals surface area contributed by atoms with Gasteiger partial charge in [0.25, 0.3) is 0 Å². The topological polar surface area (TPSA) is 30.2 Å². The van der Waals surface area contributed by atoms with Crippen LogP contribution in [0.15, 0.2) is 49.1 Å². The molecule has 0 bridgehead atoms. The Balaban J connectivity index is 0.000000776. The van der Waals surface area contributed by atoms with Crippen LogP contribution in [-0.4, -0.2) is 14.4 Å². The van der Waals surface area contributed by atoms with Gasteiger partial charge in [-0.2, -0.15) is 30.3 Å². The number of benzene rings is 1. The molecule has 0 aliphatic heterocycles. The zero-order valence-electron chi connectivity index (χ0n) is 11.5. The zero-order valence-corrected chi connectivity index (χ0v) is 14.4. The van der Waals surface area contributed by atoms with Crippen LogP contribution in [0.2, 0.25) is 0 Å². The monoisotopic (exact) mass is 328 g/mol. The molecule has 19 heavy (non-hydrogen) atoms. The van der Waals surface area contributed by atoms with E-state index in [-0.39, 0.29) is 40.1 Å². The van der Waals surface area contributed by atoms with Crippen molar-refractivity contribution in [2.24, 2.45) is 0 Å². The third-order valence-corrected chi connectivity index (χ3v) is 2.32. The maximum atomic E-state index is 4.28. The summed E-state index contributed by atoms with van der Waals surface area (Å²) in [5.41, 5.74) is 3.02. The van der Waals surface area contributed by atoms with E-state index in [4.69, 9.17) is 0 Å². The van der Waals surface area contributed by atoms with Crippen LogP contribution in [0.3, 0.4) is 0 Å². The van der Waals surface area contributed by atoms with Gasteiger partial charge >= 0.3 is 0 Å². The quantitative estimate of drug-likeness (QED) is 0.638. The van der Waals surface area contributed by atoms with Crippen molar-refractivity contribution in [2.75, 3.05) is 0 Å². The van der Waals surface area contributed by atoms with Crippen molar-refractivity contribution in [3.05, 3.63) is 62.5 Å². The van der Waals surface area contributed by atoms with Crippen molar-refractivity contribution in [1.82, 2.24) is 14.4 Å². The largest absolute Gasteiger partial charge is 0.358 e. The van der Waals surface area contributed by atoms with Gasteiger partial charge in [0.15, 0.2) is 5.65 Å². The summed E-state index contributed by atoms with van der Waals surface area (Å²) < 4.78 is 2.01. The molecule has 1 radical (unpaired) electrons. The first-order valence-electron chi connectivity index (χ1n) is 5.69. The van der Waals surface area contributed by atoms with Crippen molar-refractivity contribution in [3.8, 4) is 11.3 Å². The first kappa shape index (κ1) is 17.9. The minimum Gasteiger partial charge on any atom is -0.358 e. The second-order valence-corrected chi connectivity index (χ2v) is 3.24. The van der Waals surface area contributed by atoms with Crippen LogP contribution < -0.4 is 0 Å². The van der Waals surface area contributed by atoms with E-state index in [9.17, 15) is 0 Å². The Labute approximate surface area is 140 Å². The molecule has 3 nitrogen and oxygen atoms in total. The molecule has 0 amide bonds. The van der Waals surface area contributed by atoms with E-state index in [1.807, 2.05) is 54.9 Å². The SMILES string of the molecule is CC.[CH3-].[Y].[c-]1cccc(-c2cnc3cnccn23)c1. The maximum Gasteiger partial charge on any atom is 0.154 e. The van der Waals surface area contributed by atoms with Crippen LogP contribution >= 0.6 is 0 Å². The third-order valence-electron chi connectivity index (χ3n) is 2.32. The Morgan fingerprint density at radius 2 is 2.00 bits per heavy atom. The smallest absolute Gasteiger partial charge is 0.154 e. The van der Waals surface area contributed by atoms with E-state index in [0.717, 1.165) is 16.9 Å². The van der Waals surface area contributed by atoms with Crippen molar-refractivity contribution in [3.63, 3.8) is 0 Å². The van der Waals surface area contributed by atoms with Gasteiger partial charge in [0.1, 0.15) is 0 Å². The van der Waals surface area contributed by atoms with E-state index in [2.05, 4.69) is 16.0 Å². The average molecular weight is 328 g/mol. The molecule has 0 spiro atoms. The third kappa shape index (κ3) is 3.95. The molecule has 0 aliphatic rings. The van der Waals surface area contributed by atoms with Gasteiger partial charge in [-0.1, -0.05) is 13.8 Å². The summed E-state index contributed by atoms with van der Waals surface area (Å²) in [6.45, 7) is 4.00. The second-order valence-electron chi connectivity index (χ2n) is 3.24. The van der Waals surface area contributed by atoms with Crippen LogP contribution in [0.5, 0.6) is 0 Å². The van der Waals surface area contributed by atoms with Crippen molar-refractivity contribution in [1.29, 1.82) is 0 Å². The molecule has 0 N–H and O–H groups in total. The van der Waals surface area contributed by atoms with Gasteiger partial charge in [0.05, 0.1) is 6.20 Å². The van der Waals surface area contributed by atoms with E-state index in [1.54, 1.807) is 12.4 Å². The Hall–Kier alpha value is -1.06. The molecule has 1 aromatic carbocycles. The molecule has 0 unspecified atom stereocenters. The van der Waals surface area contributed by atoms with Crippen LogP contribution in [0, 0.1) is 13.5 Å². The van der Waals surface area contributed by atoms with Crippen molar-refractivity contribution < 1.29 is 32.7 Å². The molecule has 3 aromatic rings. The Morgan fingerprint density at radius 1 is 1.21 bits per heavy atom. The summed E-state index contributed by atoms with van der Waals surface area (Å²) in [7, 11) is 0. The van der Waals surface area contributed by atoms with E-state index in [1.165, 1.54) is 0 Å². The first-order valence-corrected chi connectivity index (χ1v) is 5.69. The van der Waals surface area contributed by atoms with Crippen LogP contribution in [0.4, 0.5) is 0 Å². The Bertz CT molecular complexity index is 590. The van der Waals surface area contributed by atoms with Crippen LogP contribution in [0.25, 0.3) is 16.9 Å². The summed E-state index contributed by atoms with van der Waals surface area (Å²) in [4.78, 5) is 8.31. The number of imidazole rings is 1. The molecule has 0 atom stereocenters. The predicted octanol–water partition coefficient (Wildman–Crippen LogP) is 3.67. The van der Waals surface area contributed by atoms with Gasteiger partial charge in [-0.25, -0.2) is 4.98 Å². The predicted molar refractivity (Wildman–Crippen MR) is 75.0 cm³/mol. The number of aromatic nitrogens is 3. The second kappa shape index (κ2) is 8.94. The molecule has 3 rings (SSSR count). The molecular formula is C15H17N3Y-2. The van der Waals surface area contributed by atoms with E-state index >= 15 is 0 Å². The summed E-state index contributed by atoms with van der Waals surface area (Å²) in [5, 5.41) is 0. The van der Waals surface area contributed by atoms with Gasteiger partial charge in [-0.15, -0.1) is 5.56 Å². The van der Waals surface area contributed by atoms with E-state index in [0.29, 0.717) is 0 Å².